The van der Waals surface area contributed by atoms with Crippen LogP contribution < -0.4 is 21.3 Å². The molecule has 6 nitrogen and oxygen atoms in total. The highest BCUT2D eigenvalue weighted by Crippen LogP contribution is 2.17. The Balaban J connectivity index is 1.91. The highest BCUT2D eigenvalue weighted by molar-refractivity contribution is 5.96. The molecule has 1 unspecified atom stereocenters. The van der Waals surface area contributed by atoms with Gasteiger partial charge in [0.15, 0.2) is 0 Å². The Bertz CT molecular complexity index is 825. The van der Waals surface area contributed by atoms with Crippen LogP contribution in [-0.2, 0) is 4.79 Å². The van der Waals surface area contributed by atoms with E-state index in [1.807, 2.05) is 0 Å². The first kappa shape index (κ1) is 19.9. The molecule has 1 atom stereocenters. The number of carbonyl (C=O) groups is 2. The fraction of sp³-hybridized carbons (Fsp3) is 0.158. The van der Waals surface area contributed by atoms with E-state index in [2.05, 4.69) is 27.8 Å². The summed E-state index contributed by atoms with van der Waals surface area (Å²) >= 11 is 0. The predicted molar refractivity (Wildman–Crippen MR) is 102 cm³/mol. The lowest BCUT2D eigenvalue weighted by Crippen LogP contribution is -2.32. The zero-order chi connectivity index (χ0) is 19.8. The number of hydrogen-bond acceptors (Lipinski definition) is 3. The van der Waals surface area contributed by atoms with E-state index in [1.165, 1.54) is 0 Å². The Hall–Kier alpha value is -3.42. The highest BCUT2D eigenvalue weighted by Gasteiger charge is 2.15. The summed E-state index contributed by atoms with van der Waals surface area (Å²) < 4.78 is 26.8. The van der Waals surface area contributed by atoms with Gasteiger partial charge < -0.3 is 21.3 Å². The molecule has 142 valence electrons. The van der Waals surface area contributed by atoms with E-state index in [0.717, 1.165) is 18.2 Å². The molecule has 8 heteroatoms. The van der Waals surface area contributed by atoms with Crippen molar-refractivity contribution in [3.05, 3.63) is 66.8 Å². The molecule has 3 amide bonds. The van der Waals surface area contributed by atoms with Crippen molar-refractivity contribution in [1.82, 2.24) is 5.32 Å². The van der Waals surface area contributed by atoms with Crippen molar-refractivity contribution in [3.8, 4) is 0 Å². The van der Waals surface area contributed by atoms with Gasteiger partial charge >= 0.3 is 6.03 Å². The minimum Gasteiger partial charge on any atom is -0.374 e. The Morgan fingerprint density at radius 1 is 1.07 bits per heavy atom. The van der Waals surface area contributed by atoms with Crippen molar-refractivity contribution in [2.24, 2.45) is 0 Å². The van der Waals surface area contributed by atoms with E-state index in [-0.39, 0.29) is 11.7 Å². The van der Waals surface area contributed by atoms with Crippen LogP contribution in [0.4, 0.5) is 30.6 Å². The average molecular weight is 374 g/mol. The summed E-state index contributed by atoms with van der Waals surface area (Å²) in [7, 11) is 0. The van der Waals surface area contributed by atoms with Crippen LogP contribution in [0.15, 0.2) is 55.1 Å². The van der Waals surface area contributed by atoms with Crippen molar-refractivity contribution >= 4 is 29.0 Å². The minimum atomic E-state index is -0.720. The molecule has 0 spiro atoms. The second kappa shape index (κ2) is 9.33. The maximum Gasteiger partial charge on any atom is 0.319 e. The molecule has 0 aliphatic heterocycles. The van der Waals surface area contributed by atoms with Gasteiger partial charge in [-0.15, -0.1) is 6.58 Å². The molecule has 0 saturated heterocycles. The van der Waals surface area contributed by atoms with E-state index in [9.17, 15) is 18.4 Å². The Labute approximate surface area is 155 Å². The van der Waals surface area contributed by atoms with E-state index < -0.39 is 23.6 Å². The average Bonchev–Trinajstić information content (AvgIpc) is 2.64. The van der Waals surface area contributed by atoms with Gasteiger partial charge in [0.2, 0.25) is 5.91 Å². The van der Waals surface area contributed by atoms with Gasteiger partial charge in [0, 0.05) is 24.0 Å². The van der Waals surface area contributed by atoms with Gasteiger partial charge in [-0.2, -0.15) is 0 Å². The number of anilines is 3. The molecule has 0 aliphatic carbocycles. The molecule has 27 heavy (non-hydrogen) atoms. The fourth-order valence-electron chi connectivity index (χ4n) is 2.14. The zero-order valence-electron chi connectivity index (χ0n) is 14.7. The summed E-state index contributed by atoms with van der Waals surface area (Å²) in [4.78, 5) is 23.7. The van der Waals surface area contributed by atoms with E-state index in [4.69, 9.17) is 0 Å². The molecule has 0 heterocycles. The van der Waals surface area contributed by atoms with Crippen molar-refractivity contribution in [3.63, 3.8) is 0 Å². The smallest absolute Gasteiger partial charge is 0.319 e. The van der Waals surface area contributed by atoms with Crippen LogP contribution in [0.5, 0.6) is 0 Å². The van der Waals surface area contributed by atoms with Crippen molar-refractivity contribution in [1.29, 1.82) is 0 Å². The monoisotopic (exact) mass is 374 g/mol. The summed E-state index contributed by atoms with van der Waals surface area (Å²) in [5, 5.41) is 10.5. The molecule has 4 N–H and O–H groups in total. The summed E-state index contributed by atoms with van der Waals surface area (Å²) in [6.45, 7) is 5.44. The van der Waals surface area contributed by atoms with Crippen molar-refractivity contribution in [2.75, 3.05) is 22.5 Å². The Kier molecular flexibility index (Phi) is 6.87. The molecular formula is C19H20F2N4O2. The Morgan fingerprint density at radius 2 is 1.74 bits per heavy atom. The number of carbonyl (C=O) groups excluding carboxylic acids is 2. The first-order valence-corrected chi connectivity index (χ1v) is 8.17. The molecule has 0 aliphatic rings. The third-order valence-electron chi connectivity index (χ3n) is 3.51. The van der Waals surface area contributed by atoms with Crippen LogP contribution in [0.2, 0.25) is 0 Å². The van der Waals surface area contributed by atoms with Crippen molar-refractivity contribution < 1.29 is 18.4 Å². The standard InChI is InChI=1S/C19H20F2N4O2/c1-3-10-22-19(27)24-15-7-5-14(6-8-15)23-12(2)18(26)25-17-11-13(20)4-9-16(17)21/h3-9,11-12,23H,1,10H2,2H3,(H,25,26)(H2,22,24,27). The molecule has 0 aromatic heterocycles. The molecule has 0 bridgehead atoms. The molecule has 2 rings (SSSR count). The highest BCUT2D eigenvalue weighted by atomic mass is 19.1. The quantitative estimate of drug-likeness (QED) is 0.558. The topological polar surface area (TPSA) is 82.3 Å². The normalized spacial score (nSPS) is 11.2. The maximum absolute atomic E-state index is 13.6. The second-order valence-electron chi connectivity index (χ2n) is 5.68. The predicted octanol–water partition coefficient (Wildman–Crippen LogP) is 3.71. The van der Waals surface area contributed by atoms with Crippen LogP contribution in [0.3, 0.4) is 0 Å². The zero-order valence-corrected chi connectivity index (χ0v) is 14.7. The Morgan fingerprint density at radius 3 is 2.41 bits per heavy atom. The lowest BCUT2D eigenvalue weighted by atomic mass is 10.2. The van der Waals surface area contributed by atoms with Crippen LogP contribution >= 0.6 is 0 Å². The van der Waals surface area contributed by atoms with Gasteiger partial charge in [-0.1, -0.05) is 6.08 Å². The van der Waals surface area contributed by atoms with E-state index >= 15 is 0 Å². The fourth-order valence-corrected chi connectivity index (χ4v) is 2.14. The SMILES string of the molecule is C=CCNC(=O)Nc1ccc(NC(C)C(=O)Nc2cc(F)ccc2F)cc1. The van der Waals surface area contributed by atoms with Gasteiger partial charge in [-0.25, -0.2) is 13.6 Å². The molecule has 2 aromatic rings. The summed E-state index contributed by atoms with van der Waals surface area (Å²) in [6.07, 6.45) is 1.56. The molecular weight excluding hydrogens is 354 g/mol. The minimum absolute atomic E-state index is 0.223. The van der Waals surface area contributed by atoms with Crippen LogP contribution in [0.1, 0.15) is 6.92 Å². The van der Waals surface area contributed by atoms with Gasteiger partial charge in [0.05, 0.1) is 5.69 Å². The van der Waals surface area contributed by atoms with Gasteiger partial charge in [-0.3, -0.25) is 4.79 Å². The molecule has 0 fully saturated rings. The van der Waals surface area contributed by atoms with Crippen molar-refractivity contribution in [2.45, 2.75) is 13.0 Å². The van der Waals surface area contributed by atoms with Gasteiger partial charge in [0.1, 0.15) is 17.7 Å². The number of urea groups is 1. The van der Waals surface area contributed by atoms with Gasteiger partial charge in [-0.05, 0) is 43.3 Å². The molecule has 0 saturated carbocycles. The lowest BCUT2D eigenvalue weighted by Gasteiger charge is -2.16. The van der Waals surface area contributed by atoms with E-state index in [1.54, 1.807) is 37.3 Å². The number of rotatable bonds is 7. The molecule has 0 radical (unpaired) electrons. The lowest BCUT2D eigenvalue weighted by molar-refractivity contribution is -0.116. The maximum atomic E-state index is 13.6. The number of halogens is 2. The van der Waals surface area contributed by atoms with Crippen LogP contribution in [0, 0.1) is 11.6 Å². The number of nitrogens with one attached hydrogen (secondary N) is 4. The third-order valence-corrected chi connectivity index (χ3v) is 3.51. The van der Waals surface area contributed by atoms with Gasteiger partial charge in [0.25, 0.3) is 0 Å². The third kappa shape index (κ3) is 6.10. The van der Waals surface area contributed by atoms with E-state index in [0.29, 0.717) is 17.9 Å². The number of hydrogen-bond donors (Lipinski definition) is 4. The second-order valence-corrected chi connectivity index (χ2v) is 5.68. The van der Waals surface area contributed by atoms with Crippen LogP contribution in [-0.4, -0.2) is 24.5 Å². The molecule has 2 aromatic carbocycles. The summed E-state index contributed by atoms with van der Waals surface area (Å²) in [5.74, 6) is -1.89. The van der Waals surface area contributed by atoms with Crippen LogP contribution in [0.25, 0.3) is 0 Å². The largest absolute Gasteiger partial charge is 0.374 e. The number of amides is 3. The summed E-state index contributed by atoms with van der Waals surface area (Å²) in [6, 6.07) is 8.44. The summed E-state index contributed by atoms with van der Waals surface area (Å²) in [5.41, 5.74) is 0.967. The first-order valence-electron chi connectivity index (χ1n) is 8.17. The first-order chi connectivity index (χ1) is 12.9. The number of benzene rings is 2.